The number of esters is 1. The maximum Gasteiger partial charge on any atom is 0.343 e. The minimum Gasteiger partial charge on any atom is -0.482 e. The van der Waals surface area contributed by atoms with E-state index < -0.39 is 0 Å². The molecule has 2 N–H and O–H groups in total. The van der Waals surface area contributed by atoms with Crippen molar-refractivity contribution in [2.75, 3.05) is 13.7 Å². The van der Waals surface area contributed by atoms with Crippen molar-refractivity contribution < 1.29 is 14.3 Å². The van der Waals surface area contributed by atoms with Gasteiger partial charge in [0, 0.05) is 6.04 Å². The summed E-state index contributed by atoms with van der Waals surface area (Å²) in [6.45, 7) is -0.0650. The van der Waals surface area contributed by atoms with Crippen LogP contribution in [0.25, 0.3) is 0 Å². The Morgan fingerprint density at radius 2 is 2.35 bits per heavy atom. The van der Waals surface area contributed by atoms with Crippen molar-refractivity contribution in [3.05, 3.63) is 29.3 Å². The third-order valence-corrected chi connectivity index (χ3v) is 3.06. The van der Waals surface area contributed by atoms with E-state index in [4.69, 9.17) is 10.5 Å². The fourth-order valence-electron chi connectivity index (χ4n) is 2.10. The molecule has 1 aromatic carbocycles. The van der Waals surface area contributed by atoms with E-state index in [1.54, 1.807) is 0 Å². The lowest BCUT2D eigenvalue weighted by Gasteiger charge is -2.22. The average molecular weight is 235 g/mol. The van der Waals surface area contributed by atoms with Crippen molar-refractivity contribution in [3.63, 3.8) is 0 Å². The number of rotatable bonds is 3. The number of aryl methyl sites for hydroxylation is 1. The number of hydrogen-bond acceptors (Lipinski definition) is 4. The van der Waals surface area contributed by atoms with Crippen LogP contribution < -0.4 is 10.5 Å². The summed E-state index contributed by atoms with van der Waals surface area (Å²) in [6, 6.07) is 5.92. The minimum absolute atomic E-state index is 0.0650. The van der Waals surface area contributed by atoms with E-state index in [0.29, 0.717) is 5.75 Å². The molecule has 0 fully saturated rings. The molecule has 0 saturated carbocycles. The summed E-state index contributed by atoms with van der Waals surface area (Å²) in [6.07, 6.45) is 3.21. The number of benzene rings is 1. The first kappa shape index (κ1) is 11.9. The Morgan fingerprint density at radius 1 is 1.53 bits per heavy atom. The molecular formula is C13H17NO3. The van der Waals surface area contributed by atoms with Crippen LogP contribution >= 0.6 is 0 Å². The van der Waals surface area contributed by atoms with E-state index in [-0.39, 0.29) is 18.6 Å². The smallest absolute Gasteiger partial charge is 0.343 e. The summed E-state index contributed by atoms with van der Waals surface area (Å²) in [7, 11) is 1.34. The molecule has 0 heterocycles. The lowest BCUT2D eigenvalue weighted by molar-refractivity contribution is -0.142. The van der Waals surface area contributed by atoms with Crippen molar-refractivity contribution in [1.82, 2.24) is 0 Å². The fourth-order valence-corrected chi connectivity index (χ4v) is 2.10. The molecule has 1 atom stereocenters. The summed E-state index contributed by atoms with van der Waals surface area (Å²) >= 11 is 0. The average Bonchev–Trinajstić information content (AvgIpc) is 2.36. The van der Waals surface area contributed by atoms with Crippen molar-refractivity contribution in [2.45, 2.75) is 25.3 Å². The zero-order chi connectivity index (χ0) is 12.3. The van der Waals surface area contributed by atoms with E-state index in [0.717, 1.165) is 24.8 Å². The maximum atomic E-state index is 11.0. The van der Waals surface area contributed by atoms with Gasteiger partial charge >= 0.3 is 5.97 Å². The van der Waals surface area contributed by atoms with Crippen molar-refractivity contribution in [3.8, 4) is 5.75 Å². The van der Waals surface area contributed by atoms with E-state index in [9.17, 15) is 4.79 Å². The number of nitrogens with two attached hydrogens (primary N) is 1. The number of ether oxygens (including phenoxy) is 2. The van der Waals surface area contributed by atoms with Gasteiger partial charge in [-0.15, -0.1) is 0 Å². The summed E-state index contributed by atoms with van der Waals surface area (Å²) in [5.41, 5.74) is 8.47. The Labute approximate surface area is 101 Å². The highest BCUT2D eigenvalue weighted by atomic mass is 16.6. The van der Waals surface area contributed by atoms with Crippen LogP contribution in [0.2, 0.25) is 0 Å². The SMILES string of the molecule is COC(=O)COc1ccc2c(c1)[C@H](N)CCC2. The highest BCUT2D eigenvalue weighted by molar-refractivity contribution is 5.70. The summed E-state index contributed by atoms with van der Waals surface area (Å²) < 4.78 is 9.86. The van der Waals surface area contributed by atoms with Gasteiger partial charge in [0.25, 0.3) is 0 Å². The third-order valence-electron chi connectivity index (χ3n) is 3.06. The van der Waals surface area contributed by atoms with E-state index >= 15 is 0 Å². The Morgan fingerprint density at radius 3 is 3.12 bits per heavy atom. The molecule has 0 bridgehead atoms. The van der Waals surface area contributed by atoms with Crippen molar-refractivity contribution >= 4 is 5.97 Å². The molecule has 0 radical (unpaired) electrons. The Bertz CT molecular complexity index is 417. The second-order valence-electron chi connectivity index (χ2n) is 4.22. The van der Waals surface area contributed by atoms with Crippen LogP contribution in [0, 0.1) is 0 Å². The molecule has 1 aliphatic rings. The topological polar surface area (TPSA) is 61.5 Å². The third kappa shape index (κ3) is 2.77. The van der Waals surface area contributed by atoms with Gasteiger partial charge in [0.15, 0.2) is 6.61 Å². The quantitative estimate of drug-likeness (QED) is 0.808. The van der Waals surface area contributed by atoms with Crippen LogP contribution in [0.1, 0.15) is 30.0 Å². The lowest BCUT2D eigenvalue weighted by atomic mass is 9.88. The van der Waals surface area contributed by atoms with Crippen LogP contribution in [0.3, 0.4) is 0 Å². The molecule has 0 saturated heterocycles. The highest BCUT2D eigenvalue weighted by Crippen LogP contribution is 2.30. The Kier molecular flexibility index (Phi) is 3.64. The lowest BCUT2D eigenvalue weighted by Crippen LogP contribution is -2.18. The molecule has 4 heteroatoms. The summed E-state index contributed by atoms with van der Waals surface area (Å²) in [5.74, 6) is 0.290. The van der Waals surface area contributed by atoms with Gasteiger partial charge < -0.3 is 15.2 Å². The molecule has 0 spiro atoms. The van der Waals surface area contributed by atoms with Gasteiger partial charge in [-0.2, -0.15) is 0 Å². The van der Waals surface area contributed by atoms with Crippen LogP contribution in [0.15, 0.2) is 18.2 Å². The molecule has 92 valence electrons. The maximum absolute atomic E-state index is 11.0. The molecular weight excluding hydrogens is 218 g/mol. The second-order valence-corrected chi connectivity index (χ2v) is 4.22. The molecule has 17 heavy (non-hydrogen) atoms. The largest absolute Gasteiger partial charge is 0.482 e. The van der Waals surface area contributed by atoms with Crippen LogP contribution in [-0.4, -0.2) is 19.7 Å². The van der Waals surface area contributed by atoms with E-state index in [1.165, 1.54) is 12.7 Å². The van der Waals surface area contributed by atoms with Crippen LogP contribution in [-0.2, 0) is 16.0 Å². The zero-order valence-electron chi connectivity index (χ0n) is 9.94. The first-order valence-electron chi connectivity index (χ1n) is 5.78. The van der Waals surface area contributed by atoms with E-state index in [2.05, 4.69) is 4.74 Å². The van der Waals surface area contributed by atoms with Crippen LogP contribution in [0.5, 0.6) is 5.75 Å². The van der Waals surface area contributed by atoms with Gasteiger partial charge in [0.05, 0.1) is 7.11 Å². The summed E-state index contributed by atoms with van der Waals surface area (Å²) in [5, 5.41) is 0. The van der Waals surface area contributed by atoms with Crippen LogP contribution in [0.4, 0.5) is 0 Å². The molecule has 0 unspecified atom stereocenters. The monoisotopic (exact) mass is 235 g/mol. The molecule has 0 aliphatic heterocycles. The number of fused-ring (bicyclic) bond motifs is 1. The van der Waals surface area contributed by atoms with Crippen molar-refractivity contribution in [1.29, 1.82) is 0 Å². The molecule has 4 nitrogen and oxygen atoms in total. The van der Waals surface area contributed by atoms with Gasteiger partial charge in [-0.05, 0) is 42.5 Å². The molecule has 0 amide bonds. The molecule has 1 aromatic rings. The number of hydrogen-bond donors (Lipinski definition) is 1. The van der Waals surface area contributed by atoms with Crippen molar-refractivity contribution in [2.24, 2.45) is 5.73 Å². The van der Waals surface area contributed by atoms with Gasteiger partial charge in [0.2, 0.25) is 0 Å². The normalized spacial score (nSPS) is 18.4. The van der Waals surface area contributed by atoms with Gasteiger partial charge in [-0.1, -0.05) is 6.07 Å². The number of carbonyl (C=O) groups is 1. The predicted molar refractivity (Wildman–Crippen MR) is 63.8 cm³/mol. The Hall–Kier alpha value is -1.55. The Balaban J connectivity index is 2.10. The number of methoxy groups -OCH3 is 1. The highest BCUT2D eigenvalue weighted by Gasteiger charge is 2.17. The molecule has 1 aliphatic carbocycles. The molecule has 0 aromatic heterocycles. The fraction of sp³-hybridized carbons (Fsp3) is 0.462. The zero-order valence-corrected chi connectivity index (χ0v) is 9.94. The first-order valence-corrected chi connectivity index (χ1v) is 5.78. The van der Waals surface area contributed by atoms with Gasteiger partial charge in [-0.3, -0.25) is 0 Å². The predicted octanol–water partition coefficient (Wildman–Crippen LogP) is 1.57. The minimum atomic E-state index is -0.382. The van der Waals surface area contributed by atoms with Gasteiger partial charge in [-0.25, -0.2) is 4.79 Å². The molecule has 2 rings (SSSR count). The number of carbonyl (C=O) groups excluding carboxylic acids is 1. The van der Waals surface area contributed by atoms with E-state index in [1.807, 2.05) is 18.2 Å². The first-order chi connectivity index (χ1) is 8.20. The summed E-state index contributed by atoms with van der Waals surface area (Å²) in [4.78, 5) is 11.0. The van der Waals surface area contributed by atoms with Gasteiger partial charge in [0.1, 0.15) is 5.75 Å². The second kappa shape index (κ2) is 5.19. The standard InChI is InChI=1S/C13H17NO3/c1-16-13(15)8-17-10-6-5-9-3-2-4-12(14)11(9)7-10/h5-7,12H,2-4,8,14H2,1H3/t12-/m1/s1.